The SMILES string of the molecule is C[C@@H](Oc1ccc(Cl)cc1)C(=O)OCC(=O)N[C@H](C)c1ccccc1. The number of rotatable bonds is 7. The number of esters is 1. The third kappa shape index (κ3) is 6.12. The lowest BCUT2D eigenvalue weighted by Crippen LogP contribution is -2.34. The van der Waals surface area contributed by atoms with Gasteiger partial charge in [-0.3, -0.25) is 4.79 Å². The largest absolute Gasteiger partial charge is 0.479 e. The second-order valence-corrected chi connectivity index (χ2v) is 5.96. The Hall–Kier alpha value is -2.53. The second-order valence-electron chi connectivity index (χ2n) is 5.52. The summed E-state index contributed by atoms with van der Waals surface area (Å²) in [6, 6.07) is 16.0. The zero-order valence-corrected chi connectivity index (χ0v) is 14.8. The first-order valence-electron chi connectivity index (χ1n) is 7.89. The van der Waals surface area contributed by atoms with E-state index in [1.807, 2.05) is 37.3 Å². The van der Waals surface area contributed by atoms with Gasteiger partial charge in [0, 0.05) is 5.02 Å². The van der Waals surface area contributed by atoms with Crippen LogP contribution in [0.2, 0.25) is 5.02 Å². The van der Waals surface area contributed by atoms with Crippen LogP contribution < -0.4 is 10.1 Å². The van der Waals surface area contributed by atoms with Gasteiger partial charge < -0.3 is 14.8 Å². The topological polar surface area (TPSA) is 64.6 Å². The Morgan fingerprint density at radius 3 is 2.32 bits per heavy atom. The van der Waals surface area contributed by atoms with Gasteiger partial charge in [-0.15, -0.1) is 0 Å². The fourth-order valence-corrected chi connectivity index (χ4v) is 2.25. The molecule has 5 nitrogen and oxygen atoms in total. The van der Waals surface area contributed by atoms with Crippen LogP contribution in [0.3, 0.4) is 0 Å². The first-order valence-corrected chi connectivity index (χ1v) is 8.26. The Morgan fingerprint density at radius 1 is 1.04 bits per heavy atom. The van der Waals surface area contributed by atoms with Gasteiger partial charge in [0.05, 0.1) is 6.04 Å². The Morgan fingerprint density at radius 2 is 1.68 bits per heavy atom. The molecule has 0 aliphatic carbocycles. The van der Waals surface area contributed by atoms with Crippen molar-refractivity contribution < 1.29 is 19.1 Å². The lowest BCUT2D eigenvalue weighted by molar-refractivity contribution is -0.154. The molecular formula is C19H20ClNO4. The Labute approximate surface area is 151 Å². The molecule has 6 heteroatoms. The summed E-state index contributed by atoms with van der Waals surface area (Å²) in [4.78, 5) is 23.8. The number of halogens is 1. The minimum atomic E-state index is -0.833. The molecule has 0 aliphatic heterocycles. The number of carbonyl (C=O) groups excluding carboxylic acids is 2. The average molecular weight is 362 g/mol. The smallest absolute Gasteiger partial charge is 0.347 e. The van der Waals surface area contributed by atoms with Crippen LogP contribution in [0, 0.1) is 0 Å². The molecule has 2 aromatic carbocycles. The summed E-state index contributed by atoms with van der Waals surface area (Å²) in [5.41, 5.74) is 0.974. The fourth-order valence-electron chi connectivity index (χ4n) is 2.13. The van der Waals surface area contributed by atoms with Crippen molar-refractivity contribution in [1.29, 1.82) is 0 Å². The van der Waals surface area contributed by atoms with E-state index in [2.05, 4.69) is 5.32 Å². The monoisotopic (exact) mass is 361 g/mol. The van der Waals surface area contributed by atoms with E-state index in [4.69, 9.17) is 21.1 Å². The van der Waals surface area contributed by atoms with Gasteiger partial charge in [0.1, 0.15) is 5.75 Å². The molecule has 0 bridgehead atoms. The minimum absolute atomic E-state index is 0.171. The van der Waals surface area contributed by atoms with Crippen molar-refractivity contribution in [2.75, 3.05) is 6.61 Å². The number of carbonyl (C=O) groups is 2. The van der Waals surface area contributed by atoms with Crippen LogP contribution in [0.5, 0.6) is 5.75 Å². The standard InChI is InChI=1S/C19H20ClNO4/c1-13(15-6-4-3-5-7-15)21-18(22)12-24-19(23)14(2)25-17-10-8-16(20)9-11-17/h3-11,13-14H,12H2,1-2H3,(H,21,22)/t13-,14-/m1/s1. The highest BCUT2D eigenvalue weighted by Crippen LogP contribution is 2.17. The van der Waals surface area contributed by atoms with Crippen LogP contribution in [0.15, 0.2) is 54.6 Å². The van der Waals surface area contributed by atoms with Gasteiger partial charge in [-0.2, -0.15) is 0 Å². The maximum Gasteiger partial charge on any atom is 0.347 e. The van der Waals surface area contributed by atoms with Crippen LogP contribution in [-0.2, 0) is 14.3 Å². The number of amides is 1. The van der Waals surface area contributed by atoms with Crippen LogP contribution >= 0.6 is 11.6 Å². The molecular weight excluding hydrogens is 342 g/mol. The molecule has 1 N–H and O–H groups in total. The number of ether oxygens (including phenoxy) is 2. The second kappa shape index (κ2) is 9.08. The predicted molar refractivity (Wildman–Crippen MR) is 95.5 cm³/mol. The van der Waals surface area contributed by atoms with Crippen molar-refractivity contribution in [3.63, 3.8) is 0 Å². The van der Waals surface area contributed by atoms with Crippen molar-refractivity contribution in [3.8, 4) is 5.75 Å². The Kier molecular flexibility index (Phi) is 6.83. The van der Waals surface area contributed by atoms with Crippen LogP contribution in [0.1, 0.15) is 25.5 Å². The molecule has 0 spiro atoms. The summed E-state index contributed by atoms with van der Waals surface area (Å²) in [5.74, 6) is -0.489. The Bertz CT molecular complexity index is 703. The van der Waals surface area contributed by atoms with Crippen LogP contribution in [0.25, 0.3) is 0 Å². The first kappa shape index (κ1) is 18.8. The molecule has 2 rings (SSSR count). The zero-order valence-electron chi connectivity index (χ0n) is 14.1. The molecule has 0 aliphatic rings. The van der Waals surface area contributed by atoms with E-state index in [1.54, 1.807) is 31.2 Å². The van der Waals surface area contributed by atoms with Gasteiger partial charge in [-0.05, 0) is 43.7 Å². The van der Waals surface area contributed by atoms with Gasteiger partial charge >= 0.3 is 5.97 Å². The van der Waals surface area contributed by atoms with Crippen LogP contribution in [0.4, 0.5) is 0 Å². The van der Waals surface area contributed by atoms with Crippen molar-refractivity contribution in [3.05, 3.63) is 65.2 Å². The maximum atomic E-state index is 11.9. The molecule has 2 atom stereocenters. The van der Waals surface area contributed by atoms with Crippen LogP contribution in [-0.4, -0.2) is 24.6 Å². The Balaban J connectivity index is 1.76. The van der Waals surface area contributed by atoms with Gasteiger partial charge in [-0.1, -0.05) is 41.9 Å². The molecule has 0 heterocycles. The number of nitrogens with one attached hydrogen (secondary N) is 1. The minimum Gasteiger partial charge on any atom is -0.479 e. The molecule has 0 radical (unpaired) electrons. The lowest BCUT2D eigenvalue weighted by Gasteiger charge is -2.16. The third-order valence-corrected chi connectivity index (χ3v) is 3.73. The van der Waals surface area contributed by atoms with E-state index >= 15 is 0 Å². The number of benzene rings is 2. The van der Waals surface area contributed by atoms with Gasteiger partial charge in [0.2, 0.25) is 0 Å². The van der Waals surface area contributed by atoms with Gasteiger partial charge in [0.15, 0.2) is 12.7 Å². The first-order chi connectivity index (χ1) is 12.0. The lowest BCUT2D eigenvalue weighted by atomic mass is 10.1. The molecule has 0 unspecified atom stereocenters. The normalized spacial score (nSPS) is 12.8. The molecule has 1 amide bonds. The summed E-state index contributed by atoms with van der Waals surface area (Å²) >= 11 is 5.79. The molecule has 0 saturated heterocycles. The number of hydrogen-bond acceptors (Lipinski definition) is 4. The van der Waals surface area contributed by atoms with Crippen molar-refractivity contribution in [1.82, 2.24) is 5.32 Å². The summed E-state index contributed by atoms with van der Waals surface area (Å²) in [5, 5.41) is 3.35. The van der Waals surface area contributed by atoms with E-state index in [0.717, 1.165) is 5.56 Å². The summed E-state index contributed by atoms with van der Waals surface area (Å²) in [6.07, 6.45) is -0.833. The zero-order chi connectivity index (χ0) is 18.2. The molecule has 0 saturated carbocycles. The van der Waals surface area contributed by atoms with E-state index < -0.39 is 12.1 Å². The molecule has 25 heavy (non-hydrogen) atoms. The molecule has 0 fully saturated rings. The van der Waals surface area contributed by atoms with E-state index in [0.29, 0.717) is 10.8 Å². The van der Waals surface area contributed by atoms with Gasteiger partial charge in [0.25, 0.3) is 5.91 Å². The fraction of sp³-hybridized carbons (Fsp3) is 0.263. The van der Waals surface area contributed by atoms with E-state index in [9.17, 15) is 9.59 Å². The highest BCUT2D eigenvalue weighted by Gasteiger charge is 2.18. The third-order valence-electron chi connectivity index (χ3n) is 3.48. The maximum absolute atomic E-state index is 11.9. The van der Waals surface area contributed by atoms with Crippen molar-refractivity contribution in [2.45, 2.75) is 26.0 Å². The predicted octanol–water partition coefficient (Wildman–Crippen LogP) is 3.53. The van der Waals surface area contributed by atoms with Crippen molar-refractivity contribution >= 4 is 23.5 Å². The highest BCUT2D eigenvalue weighted by atomic mass is 35.5. The summed E-state index contributed by atoms with van der Waals surface area (Å²) in [7, 11) is 0. The van der Waals surface area contributed by atoms with E-state index in [1.165, 1.54) is 0 Å². The van der Waals surface area contributed by atoms with Crippen molar-refractivity contribution in [2.24, 2.45) is 0 Å². The molecule has 0 aromatic heterocycles. The summed E-state index contributed by atoms with van der Waals surface area (Å²) < 4.78 is 10.4. The van der Waals surface area contributed by atoms with E-state index in [-0.39, 0.29) is 18.6 Å². The molecule has 2 aromatic rings. The highest BCUT2D eigenvalue weighted by molar-refractivity contribution is 6.30. The average Bonchev–Trinajstić information content (AvgIpc) is 2.62. The summed E-state index contributed by atoms with van der Waals surface area (Å²) in [6.45, 7) is 3.06. The molecule has 132 valence electrons. The number of hydrogen-bond donors (Lipinski definition) is 1. The van der Waals surface area contributed by atoms with Gasteiger partial charge in [-0.25, -0.2) is 4.79 Å². The quantitative estimate of drug-likeness (QED) is 0.766.